The second kappa shape index (κ2) is 8.97. The lowest BCUT2D eigenvalue weighted by Gasteiger charge is -2.11. The largest absolute Gasteiger partial charge is 0.489 e. The smallest absolute Gasteiger partial charge is 0.275 e. The number of aryl methyl sites for hydroxylation is 2. The van der Waals surface area contributed by atoms with Gasteiger partial charge in [-0.15, -0.1) is 0 Å². The number of nitrogens with zero attached hydrogens (tertiary/aromatic N) is 4. The minimum Gasteiger partial charge on any atom is -0.489 e. The highest BCUT2D eigenvalue weighted by atomic mass is 35.5. The van der Waals surface area contributed by atoms with Crippen molar-refractivity contribution in [2.24, 2.45) is 0 Å². The Balaban J connectivity index is 1.50. The van der Waals surface area contributed by atoms with Crippen molar-refractivity contribution >= 4 is 23.2 Å². The molecule has 7 nitrogen and oxygen atoms in total. The molecule has 0 spiro atoms. The zero-order valence-corrected chi connectivity index (χ0v) is 17.8. The number of aromatic nitrogens is 4. The maximum atomic E-state index is 12.9. The second-order valence-electron chi connectivity index (χ2n) is 6.97. The molecular weight excluding hydrogens is 414 g/mol. The van der Waals surface area contributed by atoms with Gasteiger partial charge in [0.1, 0.15) is 18.1 Å². The molecule has 1 N–H and O–H groups in total. The Hall–Kier alpha value is -3.71. The van der Waals surface area contributed by atoms with E-state index in [2.05, 4.69) is 20.4 Å². The van der Waals surface area contributed by atoms with Crippen LogP contribution >= 0.6 is 11.6 Å². The predicted octanol–water partition coefficient (Wildman–Crippen LogP) is 4.76. The molecule has 1 amide bonds. The molecule has 0 aliphatic carbocycles. The Kier molecular flexibility index (Phi) is 5.95. The number of hydrogen-bond donors (Lipinski definition) is 1. The molecule has 1 aromatic carbocycles. The van der Waals surface area contributed by atoms with E-state index in [0.29, 0.717) is 23.9 Å². The number of halogens is 1. The van der Waals surface area contributed by atoms with Crippen molar-refractivity contribution in [3.63, 3.8) is 0 Å². The summed E-state index contributed by atoms with van der Waals surface area (Å²) < 4.78 is 7.47. The highest BCUT2D eigenvalue weighted by molar-refractivity contribution is 6.34. The van der Waals surface area contributed by atoms with Crippen molar-refractivity contribution in [3.05, 3.63) is 94.7 Å². The van der Waals surface area contributed by atoms with Crippen LogP contribution in [0, 0.1) is 13.8 Å². The number of rotatable bonds is 6. The number of carbonyl (C=O) groups excluding carboxylic acids is 1. The standard InChI is InChI=1S/C23H20ClN5O2/c1-15-11-16(2)29(28-15)21-9-8-20(24)22(27-21)23(30)26-18-6-3-7-19(12-18)31-14-17-5-4-10-25-13-17/h3-13H,14H2,1-2H3,(H,26,30). The normalized spacial score (nSPS) is 10.7. The summed E-state index contributed by atoms with van der Waals surface area (Å²) in [7, 11) is 0. The number of nitrogens with one attached hydrogen (secondary N) is 1. The minimum atomic E-state index is -0.419. The molecule has 3 heterocycles. The lowest BCUT2D eigenvalue weighted by Crippen LogP contribution is -2.16. The van der Waals surface area contributed by atoms with Gasteiger partial charge in [-0.3, -0.25) is 9.78 Å². The molecule has 0 saturated heterocycles. The van der Waals surface area contributed by atoms with Crippen molar-refractivity contribution in [1.82, 2.24) is 19.7 Å². The van der Waals surface area contributed by atoms with Gasteiger partial charge in [-0.05, 0) is 50.2 Å². The van der Waals surface area contributed by atoms with Crippen LogP contribution in [0.5, 0.6) is 5.75 Å². The van der Waals surface area contributed by atoms with Gasteiger partial charge in [0.2, 0.25) is 0 Å². The first-order valence-corrected chi connectivity index (χ1v) is 10.0. The van der Waals surface area contributed by atoms with E-state index in [1.165, 1.54) is 0 Å². The lowest BCUT2D eigenvalue weighted by molar-refractivity contribution is 0.102. The van der Waals surface area contributed by atoms with Crippen LogP contribution in [0.4, 0.5) is 5.69 Å². The molecule has 0 atom stereocenters. The molecule has 4 rings (SSSR count). The first kappa shape index (κ1) is 20.6. The van der Waals surface area contributed by atoms with Crippen molar-refractivity contribution in [1.29, 1.82) is 0 Å². The quantitative estimate of drug-likeness (QED) is 0.474. The number of anilines is 1. The number of ether oxygens (including phenoxy) is 1. The van der Waals surface area contributed by atoms with E-state index in [4.69, 9.17) is 16.3 Å². The Bertz CT molecular complexity index is 1220. The summed E-state index contributed by atoms with van der Waals surface area (Å²) in [5.74, 6) is 0.726. The van der Waals surface area contributed by atoms with Crippen molar-refractivity contribution < 1.29 is 9.53 Å². The molecule has 0 bridgehead atoms. The molecule has 0 radical (unpaired) electrons. The molecule has 0 saturated carbocycles. The Morgan fingerprint density at radius 1 is 1.13 bits per heavy atom. The number of benzene rings is 1. The Morgan fingerprint density at radius 3 is 2.74 bits per heavy atom. The van der Waals surface area contributed by atoms with Crippen LogP contribution in [-0.4, -0.2) is 25.7 Å². The molecule has 0 fully saturated rings. The van der Waals surface area contributed by atoms with Gasteiger partial charge in [-0.2, -0.15) is 5.10 Å². The zero-order valence-electron chi connectivity index (χ0n) is 17.0. The van der Waals surface area contributed by atoms with Gasteiger partial charge in [0.05, 0.1) is 10.7 Å². The van der Waals surface area contributed by atoms with E-state index in [0.717, 1.165) is 17.0 Å². The Morgan fingerprint density at radius 2 is 2.00 bits per heavy atom. The average Bonchev–Trinajstić information content (AvgIpc) is 3.11. The number of carbonyl (C=O) groups is 1. The number of amides is 1. The van der Waals surface area contributed by atoms with Gasteiger partial charge in [-0.25, -0.2) is 9.67 Å². The van der Waals surface area contributed by atoms with Crippen LogP contribution in [0.25, 0.3) is 5.82 Å². The van der Waals surface area contributed by atoms with E-state index < -0.39 is 5.91 Å². The van der Waals surface area contributed by atoms with Crippen LogP contribution in [0.2, 0.25) is 5.02 Å². The van der Waals surface area contributed by atoms with Crippen LogP contribution in [0.3, 0.4) is 0 Å². The van der Waals surface area contributed by atoms with E-state index in [-0.39, 0.29) is 10.7 Å². The summed E-state index contributed by atoms with van der Waals surface area (Å²) >= 11 is 6.25. The Labute approximate surface area is 184 Å². The zero-order chi connectivity index (χ0) is 21.8. The summed E-state index contributed by atoms with van der Waals surface area (Å²) in [5, 5.41) is 7.49. The predicted molar refractivity (Wildman–Crippen MR) is 119 cm³/mol. The van der Waals surface area contributed by atoms with Gasteiger partial charge in [0.15, 0.2) is 5.82 Å². The van der Waals surface area contributed by atoms with Crippen molar-refractivity contribution in [2.45, 2.75) is 20.5 Å². The molecule has 0 aliphatic rings. The lowest BCUT2D eigenvalue weighted by atomic mass is 10.2. The van der Waals surface area contributed by atoms with Crippen LogP contribution in [-0.2, 0) is 6.61 Å². The molecular formula is C23H20ClN5O2. The number of pyridine rings is 2. The summed E-state index contributed by atoms with van der Waals surface area (Å²) in [5.41, 5.74) is 3.42. The van der Waals surface area contributed by atoms with E-state index in [1.54, 1.807) is 47.4 Å². The monoisotopic (exact) mass is 433 g/mol. The molecule has 0 aliphatic heterocycles. The van der Waals surface area contributed by atoms with Crippen LogP contribution in [0.15, 0.2) is 67.0 Å². The number of hydrogen-bond acceptors (Lipinski definition) is 5. The maximum absolute atomic E-state index is 12.9. The minimum absolute atomic E-state index is 0.119. The summed E-state index contributed by atoms with van der Waals surface area (Å²) in [6.45, 7) is 4.20. The van der Waals surface area contributed by atoms with E-state index >= 15 is 0 Å². The van der Waals surface area contributed by atoms with E-state index in [1.807, 2.05) is 38.1 Å². The fourth-order valence-corrected chi connectivity index (χ4v) is 3.27. The first-order valence-electron chi connectivity index (χ1n) is 9.63. The third-order valence-electron chi connectivity index (χ3n) is 4.49. The fourth-order valence-electron chi connectivity index (χ4n) is 3.07. The molecule has 0 unspecified atom stereocenters. The summed E-state index contributed by atoms with van der Waals surface area (Å²) in [4.78, 5) is 21.4. The van der Waals surface area contributed by atoms with Crippen molar-refractivity contribution in [2.75, 3.05) is 5.32 Å². The summed E-state index contributed by atoms with van der Waals surface area (Å²) in [6, 6.07) is 16.2. The average molecular weight is 434 g/mol. The molecule has 31 heavy (non-hydrogen) atoms. The fraction of sp³-hybridized carbons (Fsp3) is 0.130. The maximum Gasteiger partial charge on any atom is 0.275 e. The van der Waals surface area contributed by atoms with Gasteiger partial charge in [-0.1, -0.05) is 23.7 Å². The molecule has 8 heteroatoms. The third kappa shape index (κ3) is 4.90. The molecule has 4 aromatic rings. The molecule has 3 aromatic heterocycles. The van der Waals surface area contributed by atoms with Gasteiger partial charge >= 0.3 is 0 Å². The highest BCUT2D eigenvalue weighted by Gasteiger charge is 2.16. The third-order valence-corrected chi connectivity index (χ3v) is 4.80. The summed E-state index contributed by atoms with van der Waals surface area (Å²) in [6.07, 6.45) is 3.46. The van der Waals surface area contributed by atoms with Crippen LogP contribution in [0.1, 0.15) is 27.4 Å². The van der Waals surface area contributed by atoms with Gasteiger partial charge in [0, 0.05) is 35.4 Å². The van der Waals surface area contributed by atoms with Gasteiger partial charge < -0.3 is 10.1 Å². The van der Waals surface area contributed by atoms with E-state index in [9.17, 15) is 4.79 Å². The van der Waals surface area contributed by atoms with Gasteiger partial charge in [0.25, 0.3) is 5.91 Å². The second-order valence-corrected chi connectivity index (χ2v) is 7.38. The SMILES string of the molecule is Cc1cc(C)n(-c2ccc(Cl)c(C(=O)Nc3cccc(OCc4cccnc4)c3)n2)n1. The molecule has 156 valence electrons. The first-order chi connectivity index (χ1) is 15.0. The van der Waals surface area contributed by atoms with Crippen LogP contribution < -0.4 is 10.1 Å². The highest BCUT2D eigenvalue weighted by Crippen LogP contribution is 2.22. The topological polar surface area (TPSA) is 81.9 Å². The van der Waals surface area contributed by atoms with Crippen molar-refractivity contribution in [3.8, 4) is 11.6 Å².